The van der Waals surface area contributed by atoms with Crippen LogP contribution in [0.1, 0.15) is 31.0 Å². The van der Waals surface area contributed by atoms with Gasteiger partial charge in [0.25, 0.3) is 5.56 Å². The minimum absolute atomic E-state index is 0.0246. The molecule has 140 valence electrons. The zero-order valence-corrected chi connectivity index (χ0v) is 16.2. The molecule has 0 atom stereocenters. The van der Waals surface area contributed by atoms with E-state index in [1.54, 1.807) is 6.07 Å². The fourth-order valence-electron chi connectivity index (χ4n) is 2.37. The molecule has 0 aliphatic heterocycles. The lowest BCUT2D eigenvalue weighted by molar-refractivity contribution is -0.109. The van der Waals surface area contributed by atoms with E-state index in [1.807, 2.05) is 20.1 Å². The zero-order valence-electron chi connectivity index (χ0n) is 14.6. The summed E-state index contributed by atoms with van der Waals surface area (Å²) in [5.41, 5.74) is 0.837. The monoisotopic (exact) mass is 399 g/mol. The second kappa shape index (κ2) is 9.05. The van der Waals surface area contributed by atoms with Crippen LogP contribution in [0.3, 0.4) is 0 Å². The Kier molecular flexibility index (Phi) is 7.05. The molecule has 1 aromatic carbocycles. The fourth-order valence-corrected chi connectivity index (χ4v) is 3.22. The molecule has 26 heavy (non-hydrogen) atoms. The van der Waals surface area contributed by atoms with Crippen LogP contribution in [0.4, 0.5) is 4.39 Å². The number of halogens is 2. The highest BCUT2D eigenvalue weighted by molar-refractivity contribution is 7.98. The van der Waals surface area contributed by atoms with Crippen molar-refractivity contribution < 1.29 is 13.9 Å². The molecule has 0 bridgehead atoms. The van der Waals surface area contributed by atoms with Crippen molar-refractivity contribution in [2.45, 2.75) is 38.2 Å². The van der Waals surface area contributed by atoms with Gasteiger partial charge in [-0.05, 0) is 43.4 Å². The maximum atomic E-state index is 13.4. The van der Waals surface area contributed by atoms with Crippen molar-refractivity contribution in [2.24, 2.45) is 0 Å². The highest BCUT2D eigenvalue weighted by Crippen LogP contribution is 2.25. The first-order chi connectivity index (χ1) is 12.4. The minimum atomic E-state index is -0.420. The van der Waals surface area contributed by atoms with Crippen molar-refractivity contribution in [2.75, 3.05) is 6.26 Å². The number of hydrogen-bond acceptors (Lipinski definition) is 5. The lowest BCUT2D eigenvalue weighted by Crippen LogP contribution is -2.26. The average Bonchev–Trinajstić information content (AvgIpc) is 2.61. The van der Waals surface area contributed by atoms with Gasteiger partial charge in [-0.25, -0.2) is 4.39 Å². The van der Waals surface area contributed by atoms with Gasteiger partial charge < -0.3 is 10.1 Å². The Morgan fingerprint density at radius 2 is 2.15 bits per heavy atom. The van der Waals surface area contributed by atoms with Crippen molar-refractivity contribution in [3.63, 3.8) is 0 Å². The van der Waals surface area contributed by atoms with Crippen LogP contribution in [-0.4, -0.2) is 22.2 Å². The Morgan fingerprint density at radius 1 is 1.42 bits per heavy atom. The topological polar surface area (TPSA) is 73.2 Å². The summed E-state index contributed by atoms with van der Waals surface area (Å²) < 4.78 is 20.6. The number of amides is 1. The quantitative estimate of drug-likeness (QED) is 0.419. The van der Waals surface area contributed by atoms with E-state index < -0.39 is 5.82 Å². The third-order valence-electron chi connectivity index (χ3n) is 3.61. The zero-order chi connectivity index (χ0) is 19.3. The van der Waals surface area contributed by atoms with E-state index in [2.05, 4.69) is 10.3 Å². The molecule has 0 aliphatic carbocycles. The molecule has 9 heteroatoms. The minimum Gasteiger partial charge on any atom is -0.472 e. The number of carbonyl (C=O) groups excluding carboxylic acids is 1. The molecule has 0 spiro atoms. The van der Waals surface area contributed by atoms with E-state index in [1.165, 1.54) is 28.5 Å². The summed E-state index contributed by atoms with van der Waals surface area (Å²) in [5, 5.41) is 2.87. The first kappa shape index (κ1) is 20.3. The van der Waals surface area contributed by atoms with Crippen molar-refractivity contribution in [3.05, 3.63) is 50.5 Å². The van der Waals surface area contributed by atoms with E-state index in [-0.39, 0.29) is 35.7 Å². The number of nitrogens with zero attached hydrogens (tertiary/aromatic N) is 2. The van der Waals surface area contributed by atoms with Crippen LogP contribution in [0.25, 0.3) is 0 Å². The molecule has 1 aromatic heterocycles. The van der Waals surface area contributed by atoms with Crippen LogP contribution in [0.5, 0.6) is 5.88 Å². The van der Waals surface area contributed by atoms with E-state index >= 15 is 0 Å². The normalized spacial score (nSPS) is 10.8. The van der Waals surface area contributed by atoms with E-state index in [0.29, 0.717) is 22.7 Å². The second-order valence-corrected chi connectivity index (χ2v) is 6.84. The number of ether oxygens (including phenoxy) is 1. The second-order valence-electron chi connectivity index (χ2n) is 5.69. The third-order valence-corrected chi connectivity index (χ3v) is 4.58. The molecule has 1 N–H and O–H groups in total. The maximum Gasteiger partial charge on any atom is 0.277 e. The predicted octanol–water partition coefficient (Wildman–Crippen LogP) is 3.16. The molecule has 1 heterocycles. The first-order valence-corrected chi connectivity index (χ1v) is 9.42. The van der Waals surface area contributed by atoms with Gasteiger partial charge in [-0.3, -0.25) is 14.2 Å². The summed E-state index contributed by atoms with van der Waals surface area (Å²) in [5.74, 6) is -0.395. The number of aromatic nitrogens is 2. The molecule has 0 saturated carbocycles. The van der Waals surface area contributed by atoms with Crippen molar-refractivity contribution >= 4 is 29.8 Å². The van der Waals surface area contributed by atoms with Crippen molar-refractivity contribution in [1.82, 2.24) is 14.9 Å². The van der Waals surface area contributed by atoms with Crippen molar-refractivity contribution in [1.29, 1.82) is 0 Å². The summed E-state index contributed by atoms with van der Waals surface area (Å²) >= 11 is 7.45. The molecule has 0 aliphatic rings. The molecular weight excluding hydrogens is 381 g/mol. The Morgan fingerprint density at radius 3 is 2.77 bits per heavy atom. The summed E-state index contributed by atoms with van der Waals surface area (Å²) in [6.07, 6.45) is 2.34. The number of rotatable bonds is 8. The van der Waals surface area contributed by atoms with Crippen molar-refractivity contribution in [3.8, 4) is 5.88 Å². The Balaban J connectivity index is 2.32. The molecule has 0 fully saturated rings. The van der Waals surface area contributed by atoms with Crippen LogP contribution < -0.4 is 15.6 Å². The van der Waals surface area contributed by atoms with Gasteiger partial charge in [0, 0.05) is 12.6 Å². The van der Waals surface area contributed by atoms with Gasteiger partial charge in [0.15, 0.2) is 10.2 Å². The third kappa shape index (κ3) is 4.56. The highest BCUT2D eigenvalue weighted by Gasteiger charge is 2.18. The molecule has 6 nitrogen and oxygen atoms in total. The van der Waals surface area contributed by atoms with Crippen LogP contribution in [0.2, 0.25) is 5.02 Å². The standard InChI is InChI=1S/C17H19ClFN3O3S/c1-10(2)22-16(24)14(18)15(21-17(22)26-3)25-8-11-4-5-13(19)6-12(11)7-20-9-23/h4-6,9-10H,7-8H2,1-3H3,(H,20,23). The summed E-state index contributed by atoms with van der Waals surface area (Å²) in [4.78, 5) is 27.3. The first-order valence-electron chi connectivity index (χ1n) is 7.82. The molecule has 2 aromatic rings. The highest BCUT2D eigenvalue weighted by atomic mass is 35.5. The molecule has 0 radical (unpaired) electrons. The number of thioether (sulfide) groups is 1. The molecule has 0 unspecified atom stereocenters. The molecule has 0 saturated heterocycles. The SMILES string of the molecule is CSc1nc(OCc2ccc(F)cc2CNC=O)c(Cl)c(=O)n1C(C)C. The molecule has 2 rings (SSSR count). The largest absolute Gasteiger partial charge is 0.472 e. The van der Waals surface area contributed by atoms with Gasteiger partial charge in [0.2, 0.25) is 12.3 Å². The van der Waals surface area contributed by atoms with Crippen LogP contribution in [-0.2, 0) is 17.9 Å². The average molecular weight is 400 g/mol. The van der Waals surface area contributed by atoms with Gasteiger partial charge >= 0.3 is 0 Å². The van der Waals surface area contributed by atoms with Crippen LogP contribution in [0, 0.1) is 5.82 Å². The Hall–Kier alpha value is -2.06. The molecule has 1 amide bonds. The van der Waals surface area contributed by atoms with Gasteiger partial charge in [-0.2, -0.15) is 4.98 Å². The number of hydrogen-bond donors (Lipinski definition) is 1. The van der Waals surface area contributed by atoms with Gasteiger partial charge in [0.05, 0.1) is 0 Å². The Bertz CT molecular complexity index is 858. The van der Waals surface area contributed by atoms with E-state index in [4.69, 9.17) is 16.3 Å². The summed E-state index contributed by atoms with van der Waals surface area (Å²) in [6, 6.07) is 4.06. The lowest BCUT2D eigenvalue weighted by Gasteiger charge is -2.17. The van der Waals surface area contributed by atoms with Crippen LogP contribution in [0.15, 0.2) is 28.2 Å². The smallest absolute Gasteiger partial charge is 0.277 e. The van der Waals surface area contributed by atoms with E-state index in [0.717, 1.165) is 0 Å². The number of benzene rings is 1. The fraction of sp³-hybridized carbons (Fsp3) is 0.353. The predicted molar refractivity (Wildman–Crippen MR) is 99.3 cm³/mol. The number of nitrogens with one attached hydrogen (secondary N) is 1. The maximum absolute atomic E-state index is 13.4. The van der Waals surface area contributed by atoms with Gasteiger partial charge in [-0.1, -0.05) is 29.4 Å². The summed E-state index contributed by atoms with van der Waals surface area (Å²) in [6.45, 7) is 3.92. The van der Waals surface area contributed by atoms with Gasteiger partial charge in [0.1, 0.15) is 12.4 Å². The van der Waals surface area contributed by atoms with E-state index in [9.17, 15) is 14.0 Å². The summed E-state index contributed by atoms with van der Waals surface area (Å²) in [7, 11) is 0. The van der Waals surface area contributed by atoms with Gasteiger partial charge in [-0.15, -0.1) is 0 Å². The lowest BCUT2D eigenvalue weighted by atomic mass is 10.1. The Labute approximate surface area is 159 Å². The number of carbonyl (C=O) groups is 1. The molecular formula is C17H19ClFN3O3S. The van der Waals surface area contributed by atoms with Crippen LogP contribution >= 0.6 is 23.4 Å².